The van der Waals surface area contributed by atoms with Gasteiger partial charge in [0.25, 0.3) is 5.56 Å². The van der Waals surface area contributed by atoms with Crippen LogP contribution in [0.15, 0.2) is 46.2 Å². The first-order valence-electron chi connectivity index (χ1n) is 8.31. The number of nitrogens with zero attached hydrogens (tertiary/aromatic N) is 3. The molecule has 3 aromatic rings. The molecule has 0 unspecified atom stereocenters. The number of H-pyrrole nitrogens is 1. The Morgan fingerprint density at radius 1 is 1.23 bits per heavy atom. The summed E-state index contributed by atoms with van der Waals surface area (Å²) in [5.41, 5.74) is 1.34. The van der Waals surface area contributed by atoms with Gasteiger partial charge >= 0.3 is 0 Å². The van der Waals surface area contributed by atoms with Crippen molar-refractivity contribution in [3.05, 3.63) is 58.1 Å². The highest BCUT2D eigenvalue weighted by atomic mass is 32.2. The van der Waals surface area contributed by atoms with Crippen LogP contribution in [0.4, 0.5) is 0 Å². The summed E-state index contributed by atoms with van der Waals surface area (Å²) in [6.07, 6.45) is 2.03. The van der Waals surface area contributed by atoms with Gasteiger partial charge in [0.05, 0.1) is 22.8 Å². The lowest BCUT2D eigenvalue weighted by atomic mass is 10.1. The first-order valence-corrected chi connectivity index (χ1v) is 9.75. The van der Waals surface area contributed by atoms with Crippen LogP contribution in [-0.4, -0.2) is 40.5 Å². The summed E-state index contributed by atoms with van der Waals surface area (Å²) in [4.78, 5) is 17.2. The van der Waals surface area contributed by atoms with E-state index in [-0.39, 0.29) is 23.5 Å². The van der Waals surface area contributed by atoms with Gasteiger partial charge in [0.15, 0.2) is 5.65 Å². The molecule has 1 aliphatic rings. The minimum atomic E-state index is -3.70. The van der Waals surface area contributed by atoms with Gasteiger partial charge in [-0.3, -0.25) is 9.89 Å². The topological polar surface area (TPSA) is 96.8 Å². The van der Waals surface area contributed by atoms with Crippen molar-refractivity contribution in [3.8, 4) is 5.75 Å². The van der Waals surface area contributed by atoms with Crippen LogP contribution in [0.5, 0.6) is 5.75 Å². The number of benzene rings is 1. The van der Waals surface area contributed by atoms with Gasteiger partial charge in [0.1, 0.15) is 5.75 Å². The predicted molar refractivity (Wildman–Crippen MR) is 94.7 cm³/mol. The Balaban J connectivity index is 1.68. The van der Waals surface area contributed by atoms with Crippen molar-refractivity contribution in [1.82, 2.24) is 18.9 Å². The van der Waals surface area contributed by atoms with Crippen LogP contribution in [0.3, 0.4) is 0 Å². The number of fused-ring (bicyclic) bond motifs is 2. The van der Waals surface area contributed by atoms with Gasteiger partial charge in [-0.05, 0) is 31.2 Å². The summed E-state index contributed by atoms with van der Waals surface area (Å²) in [6, 6.07) is 8.02. The quantitative estimate of drug-likeness (QED) is 0.739. The van der Waals surface area contributed by atoms with Crippen LogP contribution < -0.4 is 10.3 Å². The smallest absolute Gasteiger partial charge is 0.277 e. The molecule has 0 saturated carbocycles. The summed E-state index contributed by atoms with van der Waals surface area (Å²) < 4.78 is 33.9. The second kappa shape index (κ2) is 6.26. The normalized spacial score (nSPS) is 15.1. The fraction of sp³-hybridized carbons (Fsp3) is 0.294. The molecule has 26 heavy (non-hydrogen) atoms. The van der Waals surface area contributed by atoms with Crippen molar-refractivity contribution in [2.24, 2.45) is 0 Å². The zero-order valence-electron chi connectivity index (χ0n) is 14.2. The molecule has 1 N–H and O–H groups in total. The van der Waals surface area contributed by atoms with Crippen molar-refractivity contribution >= 4 is 15.7 Å². The monoisotopic (exact) mass is 374 g/mol. The Bertz CT molecular complexity index is 1120. The van der Waals surface area contributed by atoms with E-state index in [0.717, 1.165) is 0 Å². The molecule has 0 amide bonds. The Labute approximate surface area is 150 Å². The molecule has 0 atom stereocenters. The largest absolute Gasteiger partial charge is 0.494 e. The molecular formula is C17H18N4O4S. The molecule has 1 aliphatic heterocycles. The van der Waals surface area contributed by atoms with E-state index in [9.17, 15) is 13.2 Å². The average molecular weight is 374 g/mol. The maximum absolute atomic E-state index is 12.9. The minimum absolute atomic E-state index is 0.0126. The molecule has 0 radical (unpaired) electrons. The summed E-state index contributed by atoms with van der Waals surface area (Å²) in [5, 5.41) is 2.80. The van der Waals surface area contributed by atoms with E-state index in [0.29, 0.717) is 35.7 Å². The van der Waals surface area contributed by atoms with Gasteiger partial charge in [0.2, 0.25) is 10.0 Å². The minimum Gasteiger partial charge on any atom is -0.494 e. The van der Waals surface area contributed by atoms with Crippen molar-refractivity contribution in [2.75, 3.05) is 13.2 Å². The first kappa shape index (κ1) is 16.8. The molecule has 1 aromatic carbocycles. The fourth-order valence-electron chi connectivity index (χ4n) is 3.12. The van der Waals surface area contributed by atoms with Crippen molar-refractivity contribution < 1.29 is 13.2 Å². The molecule has 4 rings (SSSR count). The van der Waals surface area contributed by atoms with Crippen LogP contribution >= 0.6 is 0 Å². The molecule has 9 heteroatoms. The number of ether oxygens (including phenoxy) is 1. The van der Waals surface area contributed by atoms with Gasteiger partial charge < -0.3 is 4.74 Å². The van der Waals surface area contributed by atoms with E-state index < -0.39 is 10.0 Å². The van der Waals surface area contributed by atoms with Crippen LogP contribution in [0.25, 0.3) is 5.65 Å². The first-order chi connectivity index (χ1) is 12.5. The number of hydrogen-bond donors (Lipinski definition) is 1. The van der Waals surface area contributed by atoms with Crippen molar-refractivity contribution in [3.63, 3.8) is 0 Å². The number of sulfonamides is 1. The summed E-state index contributed by atoms with van der Waals surface area (Å²) in [7, 11) is -3.70. The second-order valence-corrected chi connectivity index (χ2v) is 7.93. The number of rotatable bonds is 4. The van der Waals surface area contributed by atoms with E-state index in [1.54, 1.807) is 24.4 Å². The van der Waals surface area contributed by atoms with Crippen molar-refractivity contribution in [2.45, 2.75) is 24.8 Å². The number of aromatic nitrogens is 3. The Morgan fingerprint density at radius 2 is 2.00 bits per heavy atom. The van der Waals surface area contributed by atoms with Crippen molar-refractivity contribution in [1.29, 1.82) is 0 Å². The van der Waals surface area contributed by atoms with Gasteiger partial charge in [0, 0.05) is 31.8 Å². The number of hydrogen-bond acceptors (Lipinski definition) is 5. The van der Waals surface area contributed by atoms with E-state index in [2.05, 4.69) is 10.1 Å². The van der Waals surface area contributed by atoms with E-state index in [4.69, 9.17) is 4.74 Å². The standard InChI is InChI=1S/C17H18N4O4S/c1-2-25-12-3-5-13(6-4-12)26(23,24)20-10-8-15-14(11-20)17(22)21-16(19-15)7-9-18-21/h3-7,9,18H,2,8,10-11H2,1H3. The highest BCUT2D eigenvalue weighted by Crippen LogP contribution is 2.24. The van der Waals surface area contributed by atoms with Gasteiger partial charge in [-0.2, -0.15) is 4.31 Å². The van der Waals surface area contributed by atoms with Gasteiger partial charge in [-0.15, -0.1) is 0 Å². The highest BCUT2D eigenvalue weighted by Gasteiger charge is 2.31. The lowest BCUT2D eigenvalue weighted by molar-refractivity contribution is 0.340. The molecule has 0 saturated heterocycles. The SMILES string of the molecule is CCOc1ccc(S(=O)(=O)N2CCc3nc4cc[nH]n4c(=O)c3C2)cc1. The predicted octanol–water partition coefficient (Wildman–Crippen LogP) is 1.17. The van der Waals surface area contributed by atoms with E-state index in [1.807, 2.05) is 6.92 Å². The Hall–Kier alpha value is -2.65. The van der Waals surface area contributed by atoms with Crippen LogP contribution in [0, 0.1) is 0 Å². The lowest BCUT2D eigenvalue weighted by Crippen LogP contribution is -2.40. The molecule has 136 valence electrons. The number of aromatic amines is 1. The van der Waals surface area contributed by atoms with Crippen LogP contribution in [-0.2, 0) is 23.0 Å². The summed E-state index contributed by atoms with van der Waals surface area (Å²) in [5.74, 6) is 0.618. The van der Waals surface area contributed by atoms with Crippen LogP contribution in [0.2, 0.25) is 0 Å². The third-order valence-electron chi connectivity index (χ3n) is 4.43. The zero-order valence-corrected chi connectivity index (χ0v) is 15.0. The van der Waals surface area contributed by atoms with Gasteiger partial charge in [-0.1, -0.05) is 0 Å². The Morgan fingerprint density at radius 3 is 2.73 bits per heavy atom. The number of nitrogens with one attached hydrogen (secondary N) is 1. The van der Waals surface area contributed by atoms with E-state index >= 15 is 0 Å². The molecule has 2 aromatic heterocycles. The van der Waals surface area contributed by atoms with Gasteiger partial charge in [-0.25, -0.2) is 17.9 Å². The van der Waals surface area contributed by atoms with Crippen LogP contribution in [0.1, 0.15) is 18.2 Å². The highest BCUT2D eigenvalue weighted by molar-refractivity contribution is 7.89. The zero-order chi connectivity index (χ0) is 18.3. The third kappa shape index (κ3) is 2.69. The summed E-state index contributed by atoms with van der Waals surface area (Å²) in [6.45, 7) is 2.68. The van der Waals surface area contributed by atoms with E-state index in [1.165, 1.54) is 21.0 Å². The third-order valence-corrected chi connectivity index (χ3v) is 6.29. The second-order valence-electron chi connectivity index (χ2n) is 5.99. The maximum atomic E-state index is 12.9. The molecule has 0 spiro atoms. The molecular weight excluding hydrogens is 356 g/mol. The lowest BCUT2D eigenvalue weighted by Gasteiger charge is -2.27. The average Bonchev–Trinajstić information content (AvgIpc) is 3.11. The fourth-order valence-corrected chi connectivity index (χ4v) is 4.53. The molecule has 0 fully saturated rings. The molecule has 0 aliphatic carbocycles. The summed E-state index contributed by atoms with van der Waals surface area (Å²) >= 11 is 0. The maximum Gasteiger partial charge on any atom is 0.277 e. The molecule has 3 heterocycles. The molecule has 8 nitrogen and oxygen atoms in total. The molecule has 0 bridgehead atoms. The Kier molecular flexibility index (Phi) is 4.04.